The molecule has 0 amide bonds. The number of allylic oxidation sites excluding steroid dienone is 8. The number of methoxy groups -OCH3 is 4. The lowest BCUT2D eigenvalue weighted by atomic mass is 9.74. The molecule has 0 atom stereocenters. The smallest absolute Gasteiger partial charge is 0.143 e. The third-order valence-corrected chi connectivity index (χ3v) is 12.0. The van der Waals surface area contributed by atoms with Gasteiger partial charge in [0.15, 0.2) is 0 Å². The van der Waals surface area contributed by atoms with Crippen molar-refractivity contribution in [2.24, 2.45) is 10.8 Å². The molecule has 0 heterocycles. The first-order valence-corrected chi connectivity index (χ1v) is 23.8. The Kier molecular flexibility index (Phi) is 22.6. The highest BCUT2D eigenvalue weighted by atomic mass is 16.5. The quantitative estimate of drug-likeness (QED) is 0.0620. The molecule has 0 unspecified atom stereocenters. The molecule has 0 radical (unpaired) electrons. The lowest BCUT2D eigenvalue weighted by molar-refractivity contribution is -0.104. The van der Waals surface area contributed by atoms with Crippen LogP contribution in [0.15, 0.2) is 94.5 Å². The number of unbranched alkanes of at least 4 members (excludes halogenated alkanes) is 4. The Bertz CT molecular complexity index is 2010. The van der Waals surface area contributed by atoms with Gasteiger partial charge in [-0.05, 0) is 109 Å². The summed E-state index contributed by atoms with van der Waals surface area (Å²) in [6.07, 6.45) is 25.5. The van der Waals surface area contributed by atoms with Crippen molar-refractivity contribution in [3.05, 3.63) is 106 Å². The highest BCUT2D eigenvalue weighted by Gasteiger charge is 2.31. The molecular formula is C56H81N3O5. The maximum atomic E-state index is 11.1. The first-order chi connectivity index (χ1) is 30.8. The average molecular weight is 876 g/mol. The molecule has 0 bridgehead atoms. The second-order valence-corrected chi connectivity index (χ2v) is 18.7. The SMILES string of the molecule is CCCCN(CCCC)c1ccc(/C=C/C2=C(OC)C(=C/C#N)/CC(C)(C)C2)c(OC)c1.CCCCN(CCCC)c1ccc(/C=C/C2=C(OC)C(=C/C=O)/CC(C)(C)C2)c(OC)c1. The van der Waals surface area contributed by atoms with Crippen LogP contribution < -0.4 is 19.3 Å². The second kappa shape index (κ2) is 27.2. The van der Waals surface area contributed by atoms with Crippen LogP contribution in [0.1, 0.15) is 144 Å². The van der Waals surface area contributed by atoms with E-state index >= 15 is 0 Å². The van der Waals surface area contributed by atoms with Crippen LogP contribution in [0, 0.1) is 22.2 Å². The molecule has 0 spiro atoms. The zero-order valence-corrected chi connectivity index (χ0v) is 41.7. The third-order valence-electron chi connectivity index (χ3n) is 12.0. The van der Waals surface area contributed by atoms with Crippen LogP contribution in [0.3, 0.4) is 0 Å². The van der Waals surface area contributed by atoms with Gasteiger partial charge in [-0.3, -0.25) is 4.79 Å². The number of benzene rings is 2. The third kappa shape index (κ3) is 16.1. The number of carbonyl (C=O) groups excluding carboxylic acids is 1. The fourth-order valence-corrected chi connectivity index (χ4v) is 8.71. The molecule has 0 saturated carbocycles. The van der Waals surface area contributed by atoms with Gasteiger partial charge in [0.2, 0.25) is 0 Å². The molecule has 8 heteroatoms. The monoisotopic (exact) mass is 876 g/mol. The summed E-state index contributed by atoms with van der Waals surface area (Å²) < 4.78 is 22.9. The minimum absolute atomic E-state index is 0.0730. The topological polar surface area (TPSA) is 84.3 Å². The van der Waals surface area contributed by atoms with E-state index < -0.39 is 0 Å². The molecule has 0 fully saturated rings. The Morgan fingerprint density at radius 3 is 1.31 bits per heavy atom. The van der Waals surface area contributed by atoms with E-state index in [0.717, 1.165) is 115 Å². The van der Waals surface area contributed by atoms with E-state index in [-0.39, 0.29) is 10.8 Å². The van der Waals surface area contributed by atoms with Gasteiger partial charge in [-0.2, -0.15) is 5.26 Å². The van der Waals surface area contributed by atoms with E-state index in [4.69, 9.17) is 18.9 Å². The summed E-state index contributed by atoms with van der Waals surface area (Å²) in [6.45, 7) is 22.1. The number of nitriles is 1. The summed E-state index contributed by atoms with van der Waals surface area (Å²) in [6, 6.07) is 15.2. The average Bonchev–Trinajstić information content (AvgIpc) is 3.27. The molecule has 64 heavy (non-hydrogen) atoms. The molecule has 0 saturated heterocycles. The minimum atomic E-state index is 0.0730. The van der Waals surface area contributed by atoms with E-state index in [0.29, 0.717) is 0 Å². The number of hydrogen-bond acceptors (Lipinski definition) is 8. The largest absolute Gasteiger partial charge is 0.496 e. The molecule has 0 aromatic heterocycles. The van der Waals surface area contributed by atoms with Gasteiger partial charge in [-0.15, -0.1) is 0 Å². The number of ether oxygens (including phenoxy) is 4. The molecule has 0 N–H and O–H groups in total. The highest BCUT2D eigenvalue weighted by Crippen LogP contribution is 2.44. The van der Waals surface area contributed by atoms with Crippen molar-refractivity contribution in [2.45, 2.75) is 132 Å². The number of hydrogen-bond donors (Lipinski definition) is 0. The molecule has 2 aromatic carbocycles. The van der Waals surface area contributed by atoms with Gasteiger partial charge in [0.1, 0.15) is 29.3 Å². The van der Waals surface area contributed by atoms with Crippen LogP contribution in [0.2, 0.25) is 0 Å². The molecule has 2 aromatic rings. The van der Waals surface area contributed by atoms with E-state index in [9.17, 15) is 10.1 Å². The Hall–Kier alpha value is -5.16. The molecule has 2 aliphatic carbocycles. The Morgan fingerprint density at radius 2 is 0.969 bits per heavy atom. The van der Waals surface area contributed by atoms with Crippen molar-refractivity contribution in [3.63, 3.8) is 0 Å². The van der Waals surface area contributed by atoms with Gasteiger partial charge in [0, 0.05) is 72.5 Å². The summed E-state index contributed by atoms with van der Waals surface area (Å²) in [4.78, 5) is 16.1. The zero-order valence-electron chi connectivity index (χ0n) is 41.7. The first kappa shape index (κ1) is 53.2. The van der Waals surface area contributed by atoms with Gasteiger partial charge in [0.25, 0.3) is 0 Å². The predicted molar refractivity (Wildman–Crippen MR) is 270 cm³/mol. The molecular weight excluding hydrogens is 795 g/mol. The number of aldehydes is 1. The van der Waals surface area contributed by atoms with Crippen molar-refractivity contribution in [1.29, 1.82) is 5.26 Å². The van der Waals surface area contributed by atoms with E-state index in [2.05, 4.69) is 132 Å². The Balaban J connectivity index is 0.000000340. The van der Waals surface area contributed by atoms with E-state index in [1.807, 2.05) is 0 Å². The van der Waals surface area contributed by atoms with Gasteiger partial charge < -0.3 is 28.7 Å². The predicted octanol–water partition coefficient (Wildman–Crippen LogP) is 14.2. The molecule has 350 valence electrons. The summed E-state index contributed by atoms with van der Waals surface area (Å²) in [5.74, 6) is 3.38. The minimum Gasteiger partial charge on any atom is -0.496 e. The number of nitrogens with zero attached hydrogens (tertiary/aromatic N) is 3. The van der Waals surface area contributed by atoms with Gasteiger partial charge >= 0.3 is 0 Å². The summed E-state index contributed by atoms with van der Waals surface area (Å²) in [5, 5.41) is 9.20. The highest BCUT2D eigenvalue weighted by molar-refractivity contribution is 5.70. The van der Waals surface area contributed by atoms with Crippen LogP contribution in [0.25, 0.3) is 12.2 Å². The van der Waals surface area contributed by atoms with Crippen molar-refractivity contribution in [1.82, 2.24) is 0 Å². The van der Waals surface area contributed by atoms with Crippen LogP contribution >= 0.6 is 0 Å². The Morgan fingerprint density at radius 1 is 0.578 bits per heavy atom. The Labute approximate surface area is 388 Å². The van der Waals surface area contributed by atoms with Crippen molar-refractivity contribution in [3.8, 4) is 17.6 Å². The van der Waals surface area contributed by atoms with Crippen LogP contribution in [-0.2, 0) is 14.3 Å². The van der Waals surface area contributed by atoms with Crippen LogP contribution in [-0.4, -0.2) is 60.9 Å². The lowest BCUT2D eigenvalue weighted by Crippen LogP contribution is -2.25. The molecule has 4 rings (SSSR count). The van der Waals surface area contributed by atoms with Gasteiger partial charge in [0.05, 0.1) is 34.5 Å². The van der Waals surface area contributed by atoms with Gasteiger partial charge in [-0.25, -0.2) is 0 Å². The van der Waals surface area contributed by atoms with Gasteiger partial charge in [-0.1, -0.05) is 105 Å². The van der Waals surface area contributed by atoms with Crippen LogP contribution in [0.5, 0.6) is 11.5 Å². The lowest BCUT2D eigenvalue weighted by Gasteiger charge is -2.33. The number of rotatable bonds is 23. The van der Waals surface area contributed by atoms with E-state index in [1.54, 1.807) is 40.6 Å². The summed E-state index contributed by atoms with van der Waals surface area (Å²) in [5.41, 5.74) is 8.82. The van der Waals surface area contributed by atoms with E-state index in [1.165, 1.54) is 62.7 Å². The van der Waals surface area contributed by atoms with Crippen molar-refractivity contribution in [2.75, 3.05) is 64.4 Å². The maximum absolute atomic E-state index is 11.1. The molecule has 2 aliphatic rings. The summed E-state index contributed by atoms with van der Waals surface area (Å²) in [7, 11) is 6.82. The maximum Gasteiger partial charge on any atom is 0.143 e. The van der Waals surface area contributed by atoms with Crippen molar-refractivity contribution >= 4 is 29.8 Å². The summed E-state index contributed by atoms with van der Waals surface area (Å²) >= 11 is 0. The number of anilines is 2. The fraction of sp³-hybridized carbons (Fsp3) is 0.536. The van der Waals surface area contributed by atoms with Crippen molar-refractivity contribution < 1.29 is 23.7 Å². The zero-order chi connectivity index (χ0) is 47.1. The standard InChI is InChI=1S/C28H40N2O2.C28H41NO3/c1-7-9-17-30(18-10-8-2)25-14-13-22(26(19-25)31-5)11-12-23-20-28(3,4)21-24(15-16-29)27(23)32-6;1-7-9-16-29(17-10-8-2)25-14-13-22(26(19-25)31-5)11-12-23-20-28(3,4)21-24(15-18-30)27(23)32-6/h11-15,19H,7-10,17-18,20-21H2,1-6H3;11-15,18-19H,7-10,16-17,20-21H2,1-6H3/b2*12-11+,24-15+. The first-order valence-electron chi connectivity index (χ1n) is 23.8. The second-order valence-electron chi connectivity index (χ2n) is 18.7. The molecule has 8 nitrogen and oxygen atoms in total. The number of carbonyl (C=O) groups is 1. The normalized spacial score (nSPS) is 17.0. The fourth-order valence-electron chi connectivity index (χ4n) is 8.71. The van der Waals surface area contributed by atoms with Crippen LogP contribution in [0.4, 0.5) is 11.4 Å². The molecule has 0 aliphatic heterocycles.